The third-order valence-electron chi connectivity index (χ3n) is 8.16. The molecule has 0 saturated heterocycles. The zero-order valence-electron chi connectivity index (χ0n) is 24.6. The Balaban J connectivity index is 1.41. The molecular weight excluding hydrogens is 507 g/mol. The van der Waals surface area contributed by atoms with Crippen LogP contribution in [0.15, 0.2) is 48.5 Å². The molecule has 216 valence electrons. The number of aryl methyl sites for hydroxylation is 2. The van der Waals surface area contributed by atoms with E-state index in [9.17, 15) is 9.50 Å². The Morgan fingerprint density at radius 2 is 1.73 bits per heavy atom. The topological polar surface area (TPSA) is 63.2 Å². The second-order valence-corrected chi connectivity index (χ2v) is 11.5. The lowest BCUT2D eigenvalue weighted by atomic mass is 9.79. The summed E-state index contributed by atoms with van der Waals surface area (Å²) in [6.07, 6.45) is 4.39. The molecule has 0 saturated carbocycles. The molecule has 0 heterocycles. The van der Waals surface area contributed by atoms with Crippen molar-refractivity contribution in [3.8, 4) is 23.0 Å². The highest BCUT2D eigenvalue weighted by Crippen LogP contribution is 2.42. The number of rotatable bonds is 12. The molecule has 40 heavy (non-hydrogen) atoms. The van der Waals surface area contributed by atoms with Crippen LogP contribution in [0.2, 0.25) is 0 Å². The highest BCUT2D eigenvalue weighted by molar-refractivity contribution is 5.62. The smallest absolute Gasteiger partial charge is 0.165 e. The molecule has 1 aliphatic carbocycles. The Labute approximate surface area is 238 Å². The first-order valence-corrected chi connectivity index (χ1v) is 14.0. The minimum absolute atomic E-state index is 0.191. The molecule has 0 amide bonds. The van der Waals surface area contributed by atoms with Crippen LogP contribution in [-0.2, 0) is 19.3 Å². The SMILES string of the molecule is COc1cc(NCCCc2ccc(OCC(C)(C)N(C)C)c(F)c2)c([C@@H]2CCc3cc(O)ccc3C2)cc1OC. The van der Waals surface area contributed by atoms with Crippen LogP contribution >= 0.6 is 0 Å². The van der Waals surface area contributed by atoms with E-state index in [1.807, 2.05) is 38.4 Å². The standard InChI is InChI=1S/C33H43FN2O4/c1-33(2,36(3)4)21-40-30-14-9-22(16-28(30)34)8-7-15-35-29-20-32(39-6)31(38-5)19-27(29)25-11-10-24-18-26(37)13-12-23(24)17-25/h9,12-14,16,18-20,25,35,37H,7-8,10-11,15,17,21H2,1-6H3/t25-/m1/s1. The first-order chi connectivity index (χ1) is 19.1. The molecule has 0 bridgehead atoms. The third-order valence-corrected chi connectivity index (χ3v) is 8.16. The monoisotopic (exact) mass is 550 g/mol. The van der Waals surface area contributed by atoms with Gasteiger partial charge in [-0.05, 0) is 119 Å². The molecule has 0 aliphatic heterocycles. The number of hydrogen-bond donors (Lipinski definition) is 2. The van der Waals surface area contributed by atoms with Crippen molar-refractivity contribution in [2.75, 3.05) is 46.8 Å². The molecule has 0 unspecified atom stereocenters. The highest BCUT2D eigenvalue weighted by atomic mass is 19.1. The number of phenolic OH excluding ortho intramolecular Hbond substituents is 1. The van der Waals surface area contributed by atoms with Gasteiger partial charge < -0.3 is 29.5 Å². The highest BCUT2D eigenvalue weighted by Gasteiger charge is 2.25. The summed E-state index contributed by atoms with van der Waals surface area (Å²) < 4.78 is 31.7. The molecule has 3 aromatic carbocycles. The number of nitrogens with zero attached hydrogens (tertiary/aromatic N) is 1. The van der Waals surface area contributed by atoms with Crippen LogP contribution in [-0.4, -0.2) is 57.0 Å². The molecule has 1 atom stereocenters. The zero-order valence-corrected chi connectivity index (χ0v) is 24.6. The molecule has 4 rings (SSSR count). The molecule has 7 heteroatoms. The second-order valence-electron chi connectivity index (χ2n) is 11.5. The van der Waals surface area contributed by atoms with Crippen LogP contribution in [0, 0.1) is 5.82 Å². The van der Waals surface area contributed by atoms with Crippen molar-refractivity contribution in [3.63, 3.8) is 0 Å². The molecular formula is C33H43FN2O4. The zero-order chi connectivity index (χ0) is 28.9. The fourth-order valence-corrected chi connectivity index (χ4v) is 5.11. The van der Waals surface area contributed by atoms with Crippen molar-refractivity contribution >= 4 is 5.69 Å². The Kier molecular flexibility index (Phi) is 9.46. The van der Waals surface area contributed by atoms with Crippen LogP contribution in [0.4, 0.5) is 10.1 Å². The van der Waals surface area contributed by atoms with Crippen LogP contribution < -0.4 is 19.5 Å². The average Bonchev–Trinajstić information content (AvgIpc) is 2.94. The number of nitrogens with one attached hydrogen (secondary N) is 1. The fraction of sp³-hybridized carbons (Fsp3) is 0.455. The summed E-state index contributed by atoms with van der Waals surface area (Å²) in [6.45, 7) is 5.27. The summed E-state index contributed by atoms with van der Waals surface area (Å²) in [5, 5.41) is 13.5. The minimum Gasteiger partial charge on any atom is -0.508 e. The summed E-state index contributed by atoms with van der Waals surface area (Å²) in [5.41, 5.74) is 5.47. The van der Waals surface area contributed by atoms with Crippen molar-refractivity contribution in [2.45, 2.75) is 57.4 Å². The van der Waals surface area contributed by atoms with E-state index in [1.165, 1.54) is 16.7 Å². The summed E-state index contributed by atoms with van der Waals surface area (Å²) in [6, 6.07) is 15.0. The minimum atomic E-state index is -0.326. The lowest BCUT2D eigenvalue weighted by molar-refractivity contribution is 0.111. The van der Waals surface area contributed by atoms with Gasteiger partial charge in [-0.25, -0.2) is 4.39 Å². The van der Waals surface area contributed by atoms with Gasteiger partial charge in [0.2, 0.25) is 0 Å². The maximum absolute atomic E-state index is 14.7. The van der Waals surface area contributed by atoms with Crippen LogP contribution in [0.5, 0.6) is 23.0 Å². The van der Waals surface area contributed by atoms with Gasteiger partial charge in [0.05, 0.1) is 14.2 Å². The maximum Gasteiger partial charge on any atom is 0.165 e. The molecule has 0 spiro atoms. The van der Waals surface area contributed by atoms with E-state index in [2.05, 4.69) is 30.1 Å². The van der Waals surface area contributed by atoms with Crippen molar-refractivity contribution in [1.82, 2.24) is 4.90 Å². The predicted octanol–water partition coefficient (Wildman–Crippen LogP) is 6.58. The lowest BCUT2D eigenvalue weighted by Gasteiger charge is -2.32. The van der Waals surface area contributed by atoms with Gasteiger partial charge in [0.25, 0.3) is 0 Å². The van der Waals surface area contributed by atoms with E-state index < -0.39 is 0 Å². The number of anilines is 1. The summed E-state index contributed by atoms with van der Waals surface area (Å²) >= 11 is 0. The number of methoxy groups -OCH3 is 2. The molecule has 1 aliphatic rings. The van der Waals surface area contributed by atoms with Gasteiger partial charge in [0.15, 0.2) is 23.1 Å². The van der Waals surface area contributed by atoms with Gasteiger partial charge in [-0.15, -0.1) is 0 Å². The normalized spacial score (nSPS) is 15.1. The Morgan fingerprint density at radius 1 is 0.975 bits per heavy atom. The molecule has 3 aromatic rings. The summed E-state index contributed by atoms with van der Waals surface area (Å²) in [4.78, 5) is 2.06. The van der Waals surface area contributed by atoms with E-state index in [4.69, 9.17) is 14.2 Å². The van der Waals surface area contributed by atoms with Gasteiger partial charge >= 0.3 is 0 Å². The number of benzene rings is 3. The average molecular weight is 551 g/mol. The number of halogens is 1. The van der Waals surface area contributed by atoms with Crippen LogP contribution in [0.25, 0.3) is 0 Å². The van der Waals surface area contributed by atoms with Crippen molar-refractivity contribution in [1.29, 1.82) is 0 Å². The third kappa shape index (κ3) is 7.00. The van der Waals surface area contributed by atoms with E-state index >= 15 is 0 Å². The van der Waals surface area contributed by atoms with E-state index in [0.717, 1.165) is 49.9 Å². The first-order valence-electron chi connectivity index (χ1n) is 14.0. The lowest BCUT2D eigenvalue weighted by Crippen LogP contribution is -2.43. The number of aromatic hydroxyl groups is 1. The molecule has 0 fully saturated rings. The van der Waals surface area contributed by atoms with Crippen LogP contribution in [0.3, 0.4) is 0 Å². The predicted molar refractivity (Wildman–Crippen MR) is 159 cm³/mol. The van der Waals surface area contributed by atoms with Gasteiger partial charge in [-0.3, -0.25) is 0 Å². The van der Waals surface area contributed by atoms with E-state index in [0.29, 0.717) is 29.8 Å². The second kappa shape index (κ2) is 12.8. The number of hydrogen-bond acceptors (Lipinski definition) is 6. The van der Waals surface area contributed by atoms with Gasteiger partial charge in [0, 0.05) is 23.8 Å². The van der Waals surface area contributed by atoms with Crippen molar-refractivity contribution in [3.05, 3.63) is 76.6 Å². The van der Waals surface area contributed by atoms with Crippen molar-refractivity contribution < 1.29 is 23.7 Å². The molecule has 0 aromatic heterocycles. The van der Waals surface area contributed by atoms with Crippen molar-refractivity contribution in [2.24, 2.45) is 0 Å². The Hall–Kier alpha value is -3.45. The molecule has 6 nitrogen and oxygen atoms in total. The first kappa shape index (κ1) is 29.5. The number of phenols is 1. The Bertz CT molecular complexity index is 1310. The Morgan fingerprint density at radius 3 is 2.42 bits per heavy atom. The largest absolute Gasteiger partial charge is 0.508 e. The molecule has 2 N–H and O–H groups in total. The number of fused-ring (bicyclic) bond motifs is 1. The van der Waals surface area contributed by atoms with E-state index in [1.54, 1.807) is 32.4 Å². The molecule has 0 radical (unpaired) electrons. The van der Waals surface area contributed by atoms with E-state index in [-0.39, 0.29) is 17.1 Å². The number of ether oxygens (including phenoxy) is 3. The quantitative estimate of drug-likeness (QED) is 0.248. The van der Waals surface area contributed by atoms with Gasteiger partial charge in [0.1, 0.15) is 12.4 Å². The summed E-state index contributed by atoms with van der Waals surface area (Å²) in [5.74, 6) is 2.00. The number of likely N-dealkylation sites (N-methyl/N-ethyl adjacent to an activating group) is 1. The van der Waals surface area contributed by atoms with Gasteiger partial charge in [-0.2, -0.15) is 0 Å². The summed E-state index contributed by atoms with van der Waals surface area (Å²) in [7, 11) is 7.28. The van der Waals surface area contributed by atoms with Gasteiger partial charge in [-0.1, -0.05) is 12.1 Å². The van der Waals surface area contributed by atoms with Crippen LogP contribution in [0.1, 0.15) is 54.9 Å². The maximum atomic E-state index is 14.7. The fourth-order valence-electron chi connectivity index (χ4n) is 5.11.